The lowest BCUT2D eigenvalue weighted by atomic mass is 10.1. The monoisotopic (exact) mass is 250 g/mol. The van der Waals surface area contributed by atoms with Crippen LogP contribution in [0.3, 0.4) is 0 Å². The summed E-state index contributed by atoms with van der Waals surface area (Å²) >= 11 is 4.76. The molecule has 0 unspecified atom stereocenters. The molecular formula is C13H18N2OS. The highest BCUT2D eigenvalue weighted by molar-refractivity contribution is 7.80. The first-order valence-corrected chi connectivity index (χ1v) is 6.10. The van der Waals surface area contributed by atoms with Crippen LogP contribution in [0.5, 0.6) is 0 Å². The highest BCUT2D eigenvalue weighted by Gasteiger charge is 2.04. The molecule has 0 saturated heterocycles. The van der Waals surface area contributed by atoms with E-state index in [0.717, 1.165) is 17.5 Å². The normalized spacial score (nSPS) is 9.94. The van der Waals surface area contributed by atoms with Gasteiger partial charge in [0.05, 0.1) is 11.4 Å². The van der Waals surface area contributed by atoms with E-state index in [-0.39, 0.29) is 5.91 Å². The number of hydrogen-bond acceptors (Lipinski definition) is 2. The molecule has 0 radical (unpaired) electrons. The third-order valence-corrected chi connectivity index (χ3v) is 2.74. The Hall–Kier alpha value is -1.42. The van der Waals surface area contributed by atoms with Gasteiger partial charge in [0.1, 0.15) is 0 Å². The molecular weight excluding hydrogens is 232 g/mol. The molecule has 0 atom stereocenters. The fourth-order valence-corrected chi connectivity index (χ4v) is 1.68. The Morgan fingerprint density at radius 2 is 2.12 bits per heavy atom. The van der Waals surface area contributed by atoms with Gasteiger partial charge in [-0.3, -0.25) is 4.79 Å². The Labute approximate surface area is 107 Å². The number of hydrogen-bond donors (Lipinski definition) is 2. The molecule has 1 aromatic carbocycles. The highest BCUT2D eigenvalue weighted by Crippen LogP contribution is 2.07. The molecule has 0 heterocycles. The van der Waals surface area contributed by atoms with Gasteiger partial charge in [-0.05, 0) is 30.9 Å². The Bertz CT molecular complexity index is 404. The van der Waals surface area contributed by atoms with Crippen molar-refractivity contribution in [3.05, 3.63) is 35.4 Å². The smallest absolute Gasteiger partial charge is 0.224 e. The average Bonchev–Trinajstić information content (AvgIpc) is 2.27. The first-order valence-electron chi connectivity index (χ1n) is 5.69. The maximum atomic E-state index is 11.6. The summed E-state index contributed by atoms with van der Waals surface area (Å²) in [5.41, 5.74) is 7.58. The summed E-state index contributed by atoms with van der Waals surface area (Å²) in [5, 5.41) is 2.86. The van der Waals surface area contributed by atoms with Crippen molar-refractivity contribution in [3.8, 4) is 0 Å². The molecule has 0 fully saturated rings. The summed E-state index contributed by atoms with van der Waals surface area (Å²) in [6.45, 7) is 2.64. The minimum atomic E-state index is 0.0437. The Morgan fingerprint density at radius 3 is 2.76 bits per heavy atom. The molecule has 0 aromatic heterocycles. The standard InChI is InChI=1S/C13H18N2OS/c1-10-5-2-3-6-11(10)9-13(16)15-8-4-7-12(14)17/h2-3,5-6H,4,7-9H2,1H3,(H2,14,17)(H,15,16). The van der Waals surface area contributed by atoms with Crippen molar-refractivity contribution in [2.24, 2.45) is 5.73 Å². The lowest BCUT2D eigenvalue weighted by Gasteiger charge is -2.07. The molecule has 3 nitrogen and oxygen atoms in total. The lowest BCUT2D eigenvalue weighted by molar-refractivity contribution is -0.120. The zero-order valence-corrected chi connectivity index (χ0v) is 10.8. The topological polar surface area (TPSA) is 55.1 Å². The van der Waals surface area contributed by atoms with Gasteiger partial charge in [-0.1, -0.05) is 36.5 Å². The van der Waals surface area contributed by atoms with Crippen molar-refractivity contribution in [1.82, 2.24) is 5.32 Å². The fourth-order valence-electron chi connectivity index (χ4n) is 1.53. The molecule has 0 saturated carbocycles. The predicted octanol–water partition coefficient (Wildman–Crippen LogP) is 1.72. The Morgan fingerprint density at radius 1 is 1.41 bits per heavy atom. The molecule has 0 aliphatic heterocycles. The van der Waals surface area contributed by atoms with Crippen molar-refractivity contribution in [3.63, 3.8) is 0 Å². The number of carbonyl (C=O) groups is 1. The molecule has 1 aromatic rings. The van der Waals surface area contributed by atoms with Gasteiger partial charge in [0.15, 0.2) is 0 Å². The van der Waals surface area contributed by atoms with E-state index < -0.39 is 0 Å². The van der Waals surface area contributed by atoms with E-state index >= 15 is 0 Å². The molecule has 0 bridgehead atoms. The van der Waals surface area contributed by atoms with E-state index in [1.807, 2.05) is 31.2 Å². The fraction of sp³-hybridized carbons (Fsp3) is 0.385. The maximum Gasteiger partial charge on any atom is 0.224 e. The van der Waals surface area contributed by atoms with Crippen molar-refractivity contribution in [1.29, 1.82) is 0 Å². The van der Waals surface area contributed by atoms with Crippen LogP contribution >= 0.6 is 12.2 Å². The van der Waals surface area contributed by atoms with Crippen LogP contribution in [0.1, 0.15) is 24.0 Å². The number of thiocarbonyl (C=S) groups is 1. The Balaban J connectivity index is 2.30. The molecule has 1 amide bonds. The number of rotatable bonds is 6. The van der Waals surface area contributed by atoms with Crippen LogP contribution < -0.4 is 11.1 Å². The van der Waals surface area contributed by atoms with Crippen molar-refractivity contribution < 1.29 is 4.79 Å². The third-order valence-electron chi connectivity index (χ3n) is 2.53. The first-order chi connectivity index (χ1) is 8.09. The first kappa shape index (κ1) is 13.6. The van der Waals surface area contributed by atoms with E-state index in [9.17, 15) is 4.79 Å². The summed E-state index contributed by atoms with van der Waals surface area (Å²) < 4.78 is 0. The summed E-state index contributed by atoms with van der Waals surface area (Å²) in [4.78, 5) is 12.1. The van der Waals surface area contributed by atoms with Crippen LogP contribution in [-0.4, -0.2) is 17.4 Å². The summed E-state index contributed by atoms with van der Waals surface area (Å²) in [6.07, 6.45) is 1.91. The lowest BCUT2D eigenvalue weighted by Crippen LogP contribution is -2.27. The van der Waals surface area contributed by atoms with Gasteiger partial charge in [0.25, 0.3) is 0 Å². The predicted molar refractivity (Wildman–Crippen MR) is 73.9 cm³/mol. The van der Waals surface area contributed by atoms with Gasteiger partial charge in [-0.25, -0.2) is 0 Å². The highest BCUT2D eigenvalue weighted by atomic mass is 32.1. The summed E-state index contributed by atoms with van der Waals surface area (Å²) in [6, 6.07) is 7.90. The summed E-state index contributed by atoms with van der Waals surface area (Å²) in [7, 11) is 0. The van der Waals surface area contributed by atoms with Crippen LogP contribution in [0.4, 0.5) is 0 Å². The van der Waals surface area contributed by atoms with E-state index in [2.05, 4.69) is 5.32 Å². The van der Waals surface area contributed by atoms with Crippen LogP contribution in [0, 0.1) is 6.92 Å². The van der Waals surface area contributed by atoms with Crippen LogP contribution in [0.2, 0.25) is 0 Å². The van der Waals surface area contributed by atoms with E-state index in [1.165, 1.54) is 0 Å². The molecule has 17 heavy (non-hydrogen) atoms. The van der Waals surface area contributed by atoms with Gasteiger partial charge >= 0.3 is 0 Å². The second-order valence-electron chi connectivity index (χ2n) is 4.02. The second-order valence-corrected chi connectivity index (χ2v) is 4.55. The second kappa shape index (κ2) is 7.01. The van der Waals surface area contributed by atoms with Gasteiger partial charge in [-0.2, -0.15) is 0 Å². The molecule has 4 heteroatoms. The maximum absolute atomic E-state index is 11.6. The number of benzene rings is 1. The number of nitrogens with one attached hydrogen (secondary N) is 1. The average molecular weight is 250 g/mol. The van der Waals surface area contributed by atoms with Crippen LogP contribution in [0.25, 0.3) is 0 Å². The molecule has 1 rings (SSSR count). The SMILES string of the molecule is Cc1ccccc1CC(=O)NCCCC(N)=S. The molecule has 0 aliphatic carbocycles. The van der Waals surface area contributed by atoms with Crippen molar-refractivity contribution in [2.45, 2.75) is 26.2 Å². The van der Waals surface area contributed by atoms with Crippen molar-refractivity contribution >= 4 is 23.1 Å². The zero-order chi connectivity index (χ0) is 12.7. The van der Waals surface area contributed by atoms with E-state index in [0.29, 0.717) is 24.4 Å². The Kier molecular flexibility index (Phi) is 5.63. The van der Waals surface area contributed by atoms with E-state index in [1.54, 1.807) is 0 Å². The third kappa shape index (κ3) is 5.45. The van der Waals surface area contributed by atoms with Gasteiger partial charge in [0, 0.05) is 6.54 Å². The minimum absolute atomic E-state index is 0.0437. The van der Waals surface area contributed by atoms with Crippen molar-refractivity contribution in [2.75, 3.05) is 6.54 Å². The minimum Gasteiger partial charge on any atom is -0.393 e. The molecule has 3 N–H and O–H groups in total. The molecule has 0 aliphatic rings. The number of amides is 1. The summed E-state index contributed by atoms with van der Waals surface area (Å²) in [5.74, 6) is 0.0437. The van der Waals surface area contributed by atoms with E-state index in [4.69, 9.17) is 18.0 Å². The number of aryl methyl sites for hydroxylation is 1. The largest absolute Gasteiger partial charge is 0.393 e. The molecule has 92 valence electrons. The van der Waals surface area contributed by atoms with Gasteiger partial charge in [0.2, 0.25) is 5.91 Å². The van der Waals surface area contributed by atoms with Gasteiger partial charge in [-0.15, -0.1) is 0 Å². The van der Waals surface area contributed by atoms with Gasteiger partial charge < -0.3 is 11.1 Å². The number of carbonyl (C=O) groups excluding carboxylic acids is 1. The quantitative estimate of drug-likeness (QED) is 0.597. The van der Waals surface area contributed by atoms with Crippen LogP contribution in [-0.2, 0) is 11.2 Å². The van der Waals surface area contributed by atoms with Crippen LogP contribution in [0.15, 0.2) is 24.3 Å². The molecule has 0 spiro atoms. The zero-order valence-electron chi connectivity index (χ0n) is 10.0. The number of nitrogens with two attached hydrogens (primary N) is 1.